The lowest BCUT2D eigenvalue weighted by Gasteiger charge is -2.26. The monoisotopic (exact) mass is 404 g/mol. The quantitative estimate of drug-likeness (QED) is 0.650. The van der Waals surface area contributed by atoms with Crippen molar-refractivity contribution in [1.82, 2.24) is 14.9 Å². The van der Waals surface area contributed by atoms with Gasteiger partial charge in [0.25, 0.3) is 0 Å². The average molecular weight is 405 g/mol. The van der Waals surface area contributed by atoms with Gasteiger partial charge >= 0.3 is 0 Å². The largest absolute Gasteiger partial charge is 0.367 e. The molecule has 7 heteroatoms. The summed E-state index contributed by atoms with van der Waals surface area (Å²) >= 11 is 8.09. The van der Waals surface area contributed by atoms with Crippen LogP contribution in [0.5, 0.6) is 0 Å². The van der Waals surface area contributed by atoms with Crippen molar-refractivity contribution in [2.75, 3.05) is 26.0 Å². The van der Waals surface area contributed by atoms with Crippen molar-refractivity contribution in [3.63, 3.8) is 0 Å². The Morgan fingerprint density at radius 2 is 2.11 bits per heavy atom. The van der Waals surface area contributed by atoms with Crippen molar-refractivity contribution in [1.29, 1.82) is 0 Å². The summed E-state index contributed by atoms with van der Waals surface area (Å²) in [5.41, 5.74) is 1.89. The Labute approximate surface area is 167 Å². The van der Waals surface area contributed by atoms with Crippen LogP contribution in [-0.4, -0.2) is 35.5 Å². The van der Waals surface area contributed by atoms with Crippen LogP contribution in [0.25, 0.3) is 10.2 Å². The molecule has 2 aromatic heterocycles. The van der Waals surface area contributed by atoms with Gasteiger partial charge in [0.1, 0.15) is 22.3 Å². The molecule has 1 N–H and O–H groups in total. The van der Waals surface area contributed by atoms with Crippen molar-refractivity contribution >= 4 is 39.0 Å². The zero-order chi connectivity index (χ0) is 19.1. The molecule has 0 spiro atoms. The number of aromatic nitrogens is 2. The fraction of sp³-hybridized carbons (Fsp3) is 0.400. The summed E-state index contributed by atoms with van der Waals surface area (Å²) in [6, 6.07) is 4.61. The Balaban J connectivity index is 1.69. The van der Waals surface area contributed by atoms with Crippen LogP contribution in [0.3, 0.4) is 0 Å². The maximum absolute atomic E-state index is 14.5. The van der Waals surface area contributed by atoms with Crippen LogP contribution in [0, 0.1) is 12.7 Å². The van der Waals surface area contributed by atoms with Crippen LogP contribution in [0.1, 0.15) is 34.3 Å². The molecule has 0 saturated heterocycles. The van der Waals surface area contributed by atoms with Gasteiger partial charge in [0, 0.05) is 22.0 Å². The Morgan fingerprint density at radius 1 is 1.30 bits per heavy atom. The van der Waals surface area contributed by atoms with E-state index >= 15 is 0 Å². The molecule has 0 saturated carbocycles. The fourth-order valence-electron chi connectivity index (χ4n) is 3.80. The van der Waals surface area contributed by atoms with Gasteiger partial charge in [-0.1, -0.05) is 17.7 Å². The number of nitrogens with zero attached hydrogens (tertiary/aromatic N) is 3. The van der Waals surface area contributed by atoms with E-state index in [1.807, 2.05) is 25.9 Å². The minimum absolute atomic E-state index is 0.212. The summed E-state index contributed by atoms with van der Waals surface area (Å²) in [5, 5.41) is 5.04. The van der Waals surface area contributed by atoms with Gasteiger partial charge in [-0.2, -0.15) is 0 Å². The molecule has 0 radical (unpaired) electrons. The number of benzene rings is 1. The van der Waals surface area contributed by atoms with Gasteiger partial charge in [-0.3, -0.25) is 0 Å². The first-order valence-electron chi connectivity index (χ1n) is 9.08. The topological polar surface area (TPSA) is 41.1 Å². The number of hydrogen-bond acceptors (Lipinski definition) is 5. The van der Waals surface area contributed by atoms with Crippen molar-refractivity contribution < 1.29 is 4.39 Å². The van der Waals surface area contributed by atoms with E-state index in [1.165, 1.54) is 22.9 Å². The predicted octanol–water partition coefficient (Wildman–Crippen LogP) is 5.00. The van der Waals surface area contributed by atoms with E-state index in [-0.39, 0.29) is 11.9 Å². The van der Waals surface area contributed by atoms with Crippen LogP contribution in [0.2, 0.25) is 5.02 Å². The molecule has 1 aliphatic rings. The molecular weight excluding hydrogens is 383 g/mol. The minimum atomic E-state index is -0.288. The minimum Gasteiger partial charge on any atom is -0.367 e. The second kappa shape index (κ2) is 7.34. The normalized spacial score (nSPS) is 14.7. The summed E-state index contributed by atoms with van der Waals surface area (Å²) in [7, 11) is 3.86. The predicted molar refractivity (Wildman–Crippen MR) is 111 cm³/mol. The van der Waals surface area contributed by atoms with Crippen molar-refractivity contribution in [2.45, 2.75) is 32.2 Å². The summed E-state index contributed by atoms with van der Waals surface area (Å²) < 4.78 is 14.5. The summed E-state index contributed by atoms with van der Waals surface area (Å²) in [5.74, 6) is 1.30. The molecule has 27 heavy (non-hydrogen) atoms. The smallest absolute Gasteiger partial charge is 0.138 e. The van der Waals surface area contributed by atoms with Crippen LogP contribution in [-0.2, 0) is 12.8 Å². The number of hydrogen-bond donors (Lipinski definition) is 1. The molecule has 1 atom stereocenters. The summed E-state index contributed by atoms with van der Waals surface area (Å²) in [4.78, 5) is 13.7. The lowest BCUT2D eigenvalue weighted by molar-refractivity contribution is 0.304. The Bertz CT molecular complexity index is 981. The summed E-state index contributed by atoms with van der Waals surface area (Å²) in [6.07, 6.45) is 3.39. The standard InChI is InChI=1S/C20H22ClFN4S/c1-11-24-19(17-12-6-4-9-16(12)27-20(17)25-11)23-10-15(26(2)3)18-13(21)7-5-8-14(18)22/h5,7-8,15H,4,6,9-10H2,1-3H3,(H,23,24,25)/t15-/m0/s1. The van der Waals surface area contributed by atoms with Gasteiger partial charge in [0.15, 0.2) is 0 Å². The number of rotatable bonds is 5. The van der Waals surface area contributed by atoms with Gasteiger partial charge in [-0.15, -0.1) is 11.3 Å². The summed E-state index contributed by atoms with van der Waals surface area (Å²) in [6.45, 7) is 2.41. The first-order valence-corrected chi connectivity index (χ1v) is 10.3. The molecule has 0 bridgehead atoms. The van der Waals surface area contributed by atoms with Crippen LogP contribution >= 0.6 is 22.9 Å². The van der Waals surface area contributed by atoms with E-state index < -0.39 is 0 Å². The maximum atomic E-state index is 14.5. The lowest BCUT2D eigenvalue weighted by atomic mass is 10.0. The number of aryl methyl sites for hydroxylation is 3. The zero-order valence-corrected chi connectivity index (χ0v) is 17.2. The third-order valence-electron chi connectivity index (χ3n) is 5.10. The lowest BCUT2D eigenvalue weighted by Crippen LogP contribution is -2.28. The number of anilines is 1. The third kappa shape index (κ3) is 3.42. The van der Waals surface area contributed by atoms with Gasteiger partial charge in [-0.25, -0.2) is 14.4 Å². The van der Waals surface area contributed by atoms with Gasteiger partial charge in [0.2, 0.25) is 0 Å². The second-order valence-electron chi connectivity index (χ2n) is 7.15. The number of fused-ring (bicyclic) bond motifs is 3. The molecule has 0 amide bonds. The number of thiophene rings is 1. The van der Waals surface area contributed by atoms with Crippen LogP contribution < -0.4 is 5.32 Å². The van der Waals surface area contributed by atoms with Crippen LogP contribution in [0.4, 0.5) is 10.2 Å². The van der Waals surface area contributed by atoms with Gasteiger partial charge in [-0.05, 0) is 58.0 Å². The number of nitrogens with one attached hydrogen (secondary N) is 1. The molecule has 4 rings (SSSR count). The molecule has 142 valence electrons. The Hall–Kier alpha value is -1.76. The molecule has 2 heterocycles. The number of halogens is 2. The number of likely N-dealkylation sites (N-methyl/N-ethyl adjacent to an activating group) is 1. The average Bonchev–Trinajstić information content (AvgIpc) is 3.17. The van der Waals surface area contributed by atoms with Crippen molar-refractivity contribution in [2.24, 2.45) is 0 Å². The highest BCUT2D eigenvalue weighted by molar-refractivity contribution is 7.19. The van der Waals surface area contributed by atoms with Gasteiger partial charge in [0.05, 0.1) is 11.4 Å². The van der Waals surface area contributed by atoms with E-state index in [0.29, 0.717) is 17.1 Å². The maximum Gasteiger partial charge on any atom is 0.138 e. The first kappa shape index (κ1) is 18.6. The molecule has 0 fully saturated rings. The first-order chi connectivity index (χ1) is 13.0. The zero-order valence-electron chi connectivity index (χ0n) is 15.6. The molecule has 4 nitrogen and oxygen atoms in total. The van der Waals surface area contributed by atoms with Crippen molar-refractivity contribution in [3.05, 3.63) is 50.9 Å². The molecule has 1 aromatic carbocycles. The third-order valence-corrected chi connectivity index (χ3v) is 6.61. The highest BCUT2D eigenvalue weighted by Gasteiger charge is 2.24. The van der Waals surface area contributed by atoms with E-state index in [1.54, 1.807) is 23.5 Å². The van der Waals surface area contributed by atoms with E-state index in [4.69, 9.17) is 11.6 Å². The molecule has 0 unspecified atom stereocenters. The highest BCUT2D eigenvalue weighted by Crippen LogP contribution is 2.39. The molecule has 3 aromatic rings. The Kier molecular flexibility index (Phi) is 5.05. The second-order valence-corrected chi connectivity index (χ2v) is 8.64. The van der Waals surface area contributed by atoms with E-state index in [9.17, 15) is 4.39 Å². The van der Waals surface area contributed by atoms with Crippen LogP contribution in [0.15, 0.2) is 18.2 Å². The van der Waals surface area contributed by atoms with Gasteiger partial charge < -0.3 is 10.2 Å². The Morgan fingerprint density at radius 3 is 2.85 bits per heavy atom. The fourth-order valence-corrected chi connectivity index (χ4v) is 5.39. The SMILES string of the molecule is Cc1nc(NC[C@@H](c2c(F)cccc2Cl)N(C)C)c2c3c(sc2n1)CCC3. The molecule has 0 aliphatic heterocycles. The van der Waals surface area contributed by atoms with E-state index in [0.717, 1.165) is 34.7 Å². The molecule has 1 aliphatic carbocycles. The highest BCUT2D eigenvalue weighted by atomic mass is 35.5. The van der Waals surface area contributed by atoms with Crippen molar-refractivity contribution in [3.8, 4) is 0 Å². The molecular formula is C20H22ClFN4S. The van der Waals surface area contributed by atoms with E-state index in [2.05, 4.69) is 15.3 Å².